The maximum atomic E-state index is 5.80. The van der Waals surface area contributed by atoms with Crippen molar-refractivity contribution in [2.24, 2.45) is 5.73 Å². The van der Waals surface area contributed by atoms with Crippen molar-refractivity contribution in [2.45, 2.75) is 17.9 Å². The maximum Gasteiger partial charge on any atom is 0.132 e. The van der Waals surface area contributed by atoms with Gasteiger partial charge in [-0.3, -0.25) is 0 Å². The zero-order valence-electron chi connectivity index (χ0n) is 12.2. The average Bonchev–Trinajstić information content (AvgIpc) is 2.55. The number of ether oxygens (including phenoxy) is 2. The van der Waals surface area contributed by atoms with E-state index in [-0.39, 0.29) is 0 Å². The number of benzene rings is 2. The SMILES string of the molecule is COc1ccccc1SCCCOc1ccccc1CN. The van der Waals surface area contributed by atoms with Gasteiger partial charge in [0.15, 0.2) is 0 Å². The van der Waals surface area contributed by atoms with Crippen molar-refractivity contribution in [1.29, 1.82) is 0 Å². The van der Waals surface area contributed by atoms with E-state index in [1.807, 2.05) is 42.5 Å². The zero-order chi connectivity index (χ0) is 14.9. The molecule has 2 rings (SSSR count). The van der Waals surface area contributed by atoms with Gasteiger partial charge in [-0.25, -0.2) is 0 Å². The summed E-state index contributed by atoms with van der Waals surface area (Å²) in [5.41, 5.74) is 6.74. The molecule has 2 N–H and O–H groups in total. The molecule has 2 aromatic carbocycles. The normalized spacial score (nSPS) is 10.4. The number of hydrogen-bond acceptors (Lipinski definition) is 4. The Balaban J connectivity index is 1.75. The van der Waals surface area contributed by atoms with Gasteiger partial charge in [-0.2, -0.15) is 0 Å². The molecule has 0 amide bonds. The lowest BCUT2D eigenvalue weighted by atomic mass is 10.2. The van der Waals surface area contributed by atoms with Crippen molar-refractivity contribution in [3.8, 4) is 11.5 Å². The van der Waals surface area contributed by atoms with Crippen LogP contribution in [0.5, 0.6) is 11.5 Å². The molecule has 0 spiro atoms. The Kier molecular flexibility index (Phi) is 6.44. The minimum absolute atomic E-state index is 0.506. The number of rotatable bonds is 8. The second-order valence-electron chi connectivity index (χ2n) is 4.51. The minimum Gasteiger partial charge on any atom is -0.496 e. The van der Waals surface area contributed by atoms with Crippen LogP contribution >= 0.6 is 11.8 Å². The molecule has 0 saturated carbocycles. The van der Waals surface area contributed by atoms with Crippen LogP contribution < -0.4 is 15.2 Å². The van der Waals surface area contributed by atoms with Crippen molar-refractivity contribution < 1.29 is 9.47 Å². The van der Waals surface area contributed by atoms with E-state index in [0.29, 0.717) is 13.2 Å². The Labute approximate surface area is 130 Å². The third kappa shape index (κ3) is 4.69. The molecule has 0 unspecified atom stereocenters. The van der Waals surface area contributed by atoms with Crippen molar-refractivity contribution in [2.75, 3.05) is 19.5 Å². The molecule has 0 aliphatic carbocycles. The molecule has 0 radical (unpaired) electrons. The summed E-state index contributed by atoms with van der Waals surface area (Å²) in [5, 5.41) is 0. The predicted molar refractivity (Wildman–Crippen MR) is 88.2 cm³/mol. The Hall–Kier alpha value is -1.65. The Bertz CT molecular complexity index is 510. The number of methoxy groups -OCH3 is 1. The largest absolute Gasteiger partial charge is 0.496 e. The lowest BCUT2D eigenvalue weighted by Crippen LogP contribution is -2.04. The van der Waals surface area contributed by atoms with Gasteiger partial charge in [-0.05, 0) is 24.6 Å². The first kappa shape index (κ1) is 15.7. The average molecular weight is 303 g/mol. The molecular weight excluding hydrogens is 282 g/mol. The third-order valence-corrected chi connectivity index (χ3v) is 4.21. The fourth-order valence-corrected chi connectivity index (χ4v) is 2.93. The minimum atomic E-state index is 0.506. The molecule has 2 aromatic rings. The molecule has 0 heterocycles. The second-order valence-corrected chi connectivity index (χ2v) is 5.65. The number of hydrogen-bond donors (Lipinski definition) is 1. The van der Waals surface area contributed by atoms with Crippen LogP contribution in [0.15, 0.2) is 53.4 Å². The van der Waals surface area contributed by atoms with Gasteiger partial charge in [-0.15, -0.1) is 11.8 Å². The van der Waals surface area contributed by atoms with E-state index in [0.717, 1.165) is 29.2 Å². The standard InChI is InChI=1S/C17H21NO2S/c1-19-16-9-4-5-10-17(16)21-12-6-11-20-15-8-3-2-7-14(15)13-18/h2-5,7-10H,6,11-13,18H2,1H3. The van der Waals surface area contributed by atoms with Crippen LogP contribution in [0.3, 0.4) is 0 Å². The summed E-state index contributed by atoms with van der Waals surface area (Å²) in [6.07, 6.45) is 0.974. The van der Waals surface area contributed by atoms with Gasteiger partial charge >= 0.3 is 0 Å². The van der Waals surface area contributed by atoms with Crippen LogP contribution in [0.2, 0.25) is 0 Å². The Morgan fingerprint density at radius 1 is 1.00 bits per heavy atom. The fourth-order valence-electron chi connectivity index (χ4n) is 1.97. The second kappa shape index (κ2) is 8.60. The molecule has 4 heteroatoms. The highest BCUT2D eigenvalue weighted by Crippen LogP contribution is 2.29. The van der Waals surface area contributed by atoms with Crippen molar-refractivity contribution in [1.82, 2.24) is 0 Å². The van der Waals surface area contributed by atoms with Gasteiger partial charge in [0, 0.05) is 22.8 Å². The van der Waals surface area contributed by atoms with E-state index in [1.54, 1.807) is 18.9 Å². The van der Waals surface area contributed by atoms with E-state index in [1.165, 1.54) is 4.90 Å². The number of thioether (sulfide) groups is 1. The smallest absolute Gasteiger partial charge is 0.132 e. The first-order valence-corrected chi connectivity index (χ1v) is 8.00. The first-order chi connectivity index (χ1) is 10.3. The molecule has 0 bridgehead atoms. The van der Waals surface area contributed by atoms with E-state index < -0.39 is 0 Å². The topological polar surface area (TPSA) is 44.5 Å². The quantitative estimate of drug-likeness (QED) is 0.596. The molecule has 0 saturated heterocycles. The van der Waals surface area contributed by atoms with Crippen molar-refractivity contribution in [3.63, 3.8) is 0 Å². The Morgan fingerprint density at radius 2 is 1.71 bits per heavy atom. The van der Waals surface area contributed by atoms with Gasteiger partial charge in [0.05, 0.1) is 13.7 Å². The molecule has 112 valence electrons. The molecule has 3 nitrogen and oxygen atoms in total. The van der Waals surface area contributed by atoms with Crippen LogP contribution in [0.4, 0.5) is 0 Å². The van der Waals surface area contributed by atoms with Crippen LogP contribution in [-0.4, -0.2) is 19.5 Å². The third-order valence-electron chi connectivity index (χ3n) is 3.07. The molecular formula is C17H21NO2S. The van der Waals surface area contributed by atoms with Crippen molar-refractivity contribution >= 4 is 11.8 Å². The van der Waals surface area contributed by atoms with Gasteiger partial charge in [0.1, 0.15) is 11.5 Å². The summed E-state index contributed by atoms with van der Waals surface area (Å²) in [5.74, 6) is 2.81. The molecule has 21 heavy (non-hydrogen) atoms. The van der Waals surface area contributed by atoms with Gasteiger partial charge in [-0.1, -0.05) is 30.3 Å². The first-order valence-electron chi connectivity index (χ1n) is 7.01. The molecule has 0 aromatic heterocycles. The fraction of sp³-hybridized carbons (Fsp3) is 0.294. The summed E-state index contributed by atoms with van der Waals surface area (Å²) in [6.45, 7) is 1.20. The highest BCUT2D eigenvalue weighted by molar-refractivity contribution is 7.99. The Morgan fingerprint density at radius 3 is 2.48 bits per heavy atom. The predicted octanol–water partition coefficient (Wildman–Crippen LogP) is 3.72. The van der Waals surface area contributed by atoms with E-state index >= 15 is 0 Å². The maximum absolute atomic E-state index is 5.80. The molecule has 0 fully saturated rings. The van der Waals surface area contributed by atoms with Gasteiger partial charge in [0.25, 0.3) is 0 Å². The van der Waals surface area contributed by atoms with E-state index in [2.05, 4.69) is 6.07 Å². The highest BCUT2D eigenvalue weighted by atomic mass is 32.2. The van der Waals surface area contributed by atoms with E-state index in [9.17, 15) is 0 Å². The number of nitrogens with two attached hydrogens (primary N) is 1. The molecule has 0 aliphatic heterocycles. The van der Waals surface area contributed by atoms with Gasteiger partial charge < -0.3 is 15.2 Å². The van der Waals surface area contributed by atoms with E-state index in [4.69, 9.17) is 15.2 Å². The lowest BCUT2D eigenvalue weighted by molar-refractivity contribution is 0.315. The molecule has 0 atom stereocenters. The van der Waals surface area contributed by atoms with Crippen molar-refractivity contribution in [3.05, 3.63) is 54.1 Å². The van der Waals surface area contributed by atoms with Crippen LogP contribution in [0, 0.1) is 0 Å². The molecule has 0 aliphatic rings. The zero-order valence-corrected chi connectivity index (χ0v) is 13.1. The summed E-state index contributed by atoms with van der Waals surface area (Å²) < 4.78 is 11.1. The summed E-state index contributed by atoms with van der Waals surface area (Å²) >= 11 is 1.79. The summed E-state index contributed by atoms with van der Waals surface area (Å²) in [7, 11) is 1.70. The van der Waals surface area contributed by atoms with Crippen LogP contribution in [-0.2, 0) is 6.54 Å². The number of para-hydroxylation sites is 2. The summed E-state index contributed by atoms with van der Waals surface area (Å²) in [4.78, 5) is 1.17. The summed E-state index contributed by atoms with van der Waals surface area (Å²) in [6, 6.07) is 16.0. The van der Waals surface area contributed by atoms with Crippen LogP contribution in [0.1, 0.15) is 12.0 Å². The monoisotopic (exact) mass is 303 g/mol. The highest BCUT2D eigenvalue weighted by Gasteiger charge is 2.03. The lowest BCUT2D eigenvalue weighted by Gasteiger charge is -2.10. The van der Waals surface area contributed by atoms with Gasteiger partial charge in [0.2, 0.25) is 0 Å². The van der Waals surface area contributed by atoms with Crippen LogP contribution in [0.25, 0.3) is 0 Å².